The Morgan fingerprint density at radius 1 is 1.30 bits per heavy atom. The number of nitrogens with zero attached hydrogens (tertiary/aromatic N) is 1. The van der Waals surface area contributed by atoms with Crippen molar-refractivity contribution in [3.05, 3.63) is 45.3 Å². The standard InChI is InChI=1S/C15H17ClN2OS/c1-9(2)12-13(19)17-14(20-12)18-15(3,4)10-7-5-6-8-11(10)16/h5-8H,1-4H3,(H,17,18,19). The van der Waals surface area contributed by atoms with Crippen LogP contribution in [-0.2, 0) is 10.3 Å². The second-order valence-corrected chi connectivity index (χ2v) is 6.75. The number of thioether (sulfide) groups is 1. The molecule has 1 heterocycles. The monoisotopic (exact) mass is 308 g/mol. The maximum atomic E-state index is 11.8. The summed E-state index contributed by atoms with van der Waals surface area (Å²) in [5, 5.41) is 4.10. The first-order chi connectivity index (χ1) is 9.31. The summed E-state index contributed by atoms with van der Waals surface area (Å²) in [5.74, 6) is -0.0799. The van der Waals surface area contributed by atoms with Gasteiger partial charge in [0.1, 0.15) is 0 Å². The van der Waals surface area contributed by atoms with E-state index >= 15 is 0 Å². The Morgan fingerprint density at radius 2 is 1.95 bits per heavy atom. The van der Waals surface area contributed by atoms with Crippen LogP contribution < -0.4 is 5.32 Å². The predicted molar refractivity (Wildman–Crippen MR) is 86.0 cm³/mol. The number of allylic oxidation sites excluding steroid dienone is 1. The van der Waals surface area contributed by atoms with Gasteiger partial charge in [0.2, 0.25) is 0 Å². The largest absolute Gasteiger partial charge is 0.301 e. The summed E-state index contributed by atoms with van der Waals surface area (Å²) in [6.45, 7) is 7.80. The van der Waals surface area contributed by atoms with Crippen LogP contribution in [0.15, 0.2) is 39.7 Å². The van der Waals surface area contributed by atoms with E-state index in [1.54, 1.807) is 0 Å². The van der Waals surface area contributed by atoms with Gasteiger partial charge in [0.05, 0.1) is 10.4 Å². The highest BCUT2D eigenvalue weighted by Gasteiger charge is 2.29. The summed E-state index contributed by atoms with van der Waals surface area (Å²) >= 11 is 7.61. The van der Waals surface area contributed by atoms with Gasteiger partial charge in [-0.2, -0.15) is 0 Å². The van der Waals surface area contributed by atoms with Gasteiger partial charge in [-0.15, -0.1) is 0 Å². The maximum Gasteiger partial charge on any atom is 0.264 e. The van der Waals surface area contributed by atoms with Crippen molar-refractivity contribution in [3.63, 3.8) is 0 Å². The summed E-state index contributed by atoms with van der Waals surface area (Å²) in [6.07, 6.45) is 0. The number of halogens is 1. The molecule has 1 aromatic rings. The number of benzene rings is 1. The molecule has 0 saturated carbocycles. The molecule has 2 rings (SSSR count). The van der Waals surface area contributed by atoms with Crippen LogP contribution in [0.25, 0.3) is 0 Å². The second kappa shape index (κ2) is 5.62. The molecule has 1 aliphatic heterocycles. The van der Waals surface area contributed by atoms with Crippen molar-refractivity contribution >= 4 is 34.4 Å². The van der Waals surface area contributed by atoms with Gasteiger partial charge >= 0.3 is 0 Å². The first kappa shape index (κ1) is 15.1. The Morgan fingerprint density at radius 3 is 2.50 bits per heavy atom. The van der Waals surface area contributed by atoms with Gasteiger partial charge in [-0.3, -0.25) is 9.79 Å². The zero-order valence-electron chi connectivity index (χ0n) is 12.0. The van der Waals surface area contributed by atoms with Crippen LogP contribution in [-0.4, -0.2) is 11.1 Å². The predicted octanol–water partition coefficient (Wildman–Crippen LogP) is 4.09. The first-order valence-electron chi connectivity index (χ1n) is 6.33. The Hall–Kier alpha value is -1.26. The van der Waals surface area contributed by atoms with Crippen LogP contribution in [0, 0.1) is 0 Å². The molecule has 1 fully saturated rings. The molecular formula is C15H17ClN2OS. The lowest BCUT2D eigenvalue weighted by Crippen LogP contribution is -2.24. The average molecular weight is 309 g/mol. The zero-order valence-corrected chi connectivity index (χ0v) is 13.5. The van der Waals surface area contributed by atoms with Gasteiger partial charge < -0.3 is 5.32 Å². The molecule has 1 aromatic carbocycles. The van der Waals surface area contributed by atoms with Gasteiger partial charge in [-0.25, -0.2) is 0 Å². The van der Waals surface area contributed by atoms with Gasteiger partial charge in [0.25, 0.3) is 5.91 Å². The van der Waals surface area contributed by atoms with Crippen molar-refractivity contribution in [2.24, 2.45) is 4.99 Å². The number of carbonyl (C=O) groups is 1. The fourth-order valence-corrected chi connectivity index (χ4v) is 3.30. The van der Waals surface area contributed by atoms with E-state index in [0.717, 1.165) is 16.0 Å². The first-order valence-corrected chi connectivity index (χ1v) is 7.52. The number of aliphatic imine (C=N–C) groups is 1. The summed E-state index contributed by atoms with van der Waals surface area (Å²) in [7, 11) is 0. The fraction of sp³-hybridized carbons (Fsp3) is 0.333. The molecule has 1 aliphatic rings. The highest BCUT2D eigenvalue weighted by molar-refractivity contribution is 8.18. The Labute approximate surface area is 128 Å². The number of hydrogen-bond donors (Lipinski definition) is 1. The smallest absolute Gasteiger partial charge is 0.264 e. The molecule has 0 aliphatic carbocycles. The van der Waals surface area contributed by atoms with Crippen LogP contribution in [0.4, 0.5) is 0 Å². The van der Waals surface area contributed by atoms with E-state index in [-0.39, 0.29) is 5.91 Å². The van der Waals surface area contributed by atoms with Gasteiger partial charge in [-0.1, -0.05) is 35.4 Å². The lowest BCUT2D eigenvalue weighted by molar-refractivity contribution is -0.115. The molecule has 0 spiro atoms. The molecule has 3 nitrogen and oxygen atoms in total. The molecule has 1 amide bonds. The number of amidine groups is 1. The van der Waals surface area contributed by atoms with Gasteiger partial charge in [-0.05, 0) is 51.1 Å². The number of carbonyl (C=O) groups excluding carboxylic acids is 1. The van der Waals surface area contributed by atoms with E-state index in [4.69, 9.17) is 11.6 Å². The van der Waals surface area contributed by atoms with Crippen LogP contribution in [0.1, 0.15) is 33.3 Å². The molecular weight excluding hydrogens is 292 g/mol. The molecule has 106 valence electrons. The SMILES string of the molecule is CC(C)=C1SC(=NC(C)(C)c2ccccc2Cl)NC1=O. The Kier molecular flexibility index (Phi) is 4.25. The van der Waals surface area contributed by atoms with Crippen molar-refractivity contribution in [1.29, 1.82) is 0 Å². The Balaban J connectivity index is 2.34. The molecule has 0 atom stereocenters. The number of amides is 1. The third-order valence-electron chi connectivity index (χ3n) is 2.99. The molecule has 1 saturated heterocycles. The van der Waals surface area contributed by atoms with E-state index in [0.29, 0.717) is 10.2 Å². The van der Waals surface area contributed by atoms with Crippen LogP contribution in [0.3, 0.4) is 0 Å². The van der Waals surface area contributed by atoms with E-state index in [2.05, 4.69) is 10.3 Å². The molecule has 0 unspecified atom stereocenters. The highest BCUT2D eigenvalue weighted by Crippen LogP contribution is 2.34. The van der Waals surface area contributed by atoms with Crippen molar-refractivity contribution in [3.8, 4) is 0 Å². The molecule has 0 radical (unpaired) electrons. The van der Waals surface area contributed by atoms with Crippen molar-refractivity contribution in [1.82, 2.24) is 5.32 Å². The lowest BCUT2D eigenvalue weighted by atomic mass is 9.95. The number of nitrogens with one attached hydrogen (secondary N) is 1. The zero-order chi connectivity index (χ0) is 14.9. The fourth-order valence-electron chi connectivity index (χ4n) is 1.97. The van der Waals surface area contributed by atoms with Crippen molar-refractivity contribution < 1.29 is 4.79 Å². The third-order valence-corrected chi connectivity index (χ3v) is 4.51. The normalized spacial score (nSPS) is 17.6. The molecule has 20 heavy (non-hydrogen) atoms. The molecule has 5 heteroatoms. The molecule has 0 bridgehead atoms. The summed E-state index contributed by atoms with van der Waals surface area (Å²) in [4.78, 5) is 17.2. The third kappa shape index (κ3) is 3.07. The lowest BCUT2D eigenvalue weighted by Gasteiger charge is -2.22. The topological polar surface area (TPSA) is 41.5 Å². The molecule has 0 aromatic heterocycles. The average Bonchev–Trinajstić information content (AvgIpc) is 2.69. The summed E-state index contributed by atoms with van der Waals surface area (Å²) in [5.41, 5.74) is 1.44. The Bertz CT molecular complexity index is 616. The summed E-state index contributed by atoms with van der Waals surface area (Å²) in [6, 6.07) is 7.63. The quantitative estimate of drug-likeness (QED) is 0.836. The van der Waals surface area contributed by atoms with Crippen LogP contribution >= 0.6 is 23.4 Å². The van der Waals surface area contributed by atoms with E-state index in [1.165, 1.54) is 11.8 Å². The number of hydrogen-bond acceptors (Lipinski definition) is 3. The minimum Gasteiger partial charge on any atom is -0.301 e. The highest BCUT2D eigenvalue weighted by atomic mass is 35.5. The van der Waals surface area contributed by atoms with Crippen molar-refractivity contribution in [2.75, 3.05) is 0 Å². The minimum atomic E-state index is -0.495. The number of rotatable bonds is 2. The van der Waals surface area contributed by atoms with E-state index < -0.39 is 5.54 Å². The van der Waals surface area contributed by atoms with E-state index in [1.807, 2.05) is 52.0 Å². The van der Waals surface area contributed by atoms with Crippen LogP contribution in [0.2, 0.25) is 5.02 Å². The second-order valence-electron chi connectivity index (χ2n) is 5.34. The van der Waals surface area contributed by atoms with Gasteiger partial charge in [0.15, 0.2) is 5.17 Å². The summed E-state index contributed by atoms with van der Waals surface area (Å²) < 4.78 is 0. The van der Waals surface area contributed by atoms with Crippen LogP contribution in [0.5, 0.6) is 0 Å². The van der Waals surface area contributed by atoms with E-state index in [9.17, 15) is 4.79 Å². The minimum absolute atomic E-state index is 0.0799. The molecule has 1 N–H and O–H groups in total. The maximum absolute atomic E-state index is 11.8. The van der Waals surface area contributed by atoms with Crippen molar-refractivity contribution in [2.45, 2.75) is 33.2 Å². The van der Waals surface area contributed by atoms with Gasteiger partial charge in [0, 0.05) is 5.02 Å².